The van der Waals surface area contributed by atoms with Crippen molar-refractivity contribution < 1.29 is 22.7 Å². The van der Waals surface area contributed by atoms with Crippen molar-refractivity contribution >= 4 is 28.7 Å². The molecule has 0 aromatic carbocycles. The van der Waals surface area contributed by atoms with Gasteiger partial charge in [-0.05, 0) is 38.7 Å². The van der Waals surface area contributed by atoms with Gasteiger partial charge in [-0.25, -0.2) is 15.0 Å². The molecule has 1 N–H and O–H groups in total. The molecule has 3 aliphatic rings. The second kappa shape index (κ2) is 10.2. The number of pyridine rings is 1. The molecular formula is C27H28F3N9O2S. The van der Waals surface area contributed by atoms with Crippen LogP contribution in [0.1, 0.15) is 60.7 Å². The highest BCUT2D eigenvalue weighted by atomic mass is 32.1. The highest BCUT2D eigenvalue weighted by molar-refractivity contribution is 7.13. The molecular weight excluding hydrogens is 571 g/mol. The summed E-state index contributed by atoms with van der Waals surface area (Å²) < 4.78 is 48.3. The van der Waals surface area contributed by atoms with E-state index in [-0.39, 0.29) is 27.8 Å². The van der Waals surface area contributed by atoms with Crippen LogP contribution < -0.4 is 10.2 Å². The molecule has 3 fully saturated rings. The first-order valence-electron chi connectivity index (χ1n) is 13.8. The first kappa shape index (κ1) is 27.0. The number of rotatable bonds is 7. The largest absolute Gasteiger partial charge is 0.408 e. The van der Waals surface area contributed by atoms with Crippen LogP contribution in [0.4, 0.5) is 24.7 Å². The first-order chi connectivity index (χ1) is 20.2. The van der Waals surface area contributed by atoms with Gasteiger partial charge in [0.1, 0.15) is 23.9 Å². The average molecular weight is 600 g/mol. The number of carbonyl (C=O) groups is 1. The van der Waals surface area contributed by atoms with Gasteiger partial charge in [0, 0.05) is 36.0 Å². The third-order valence-electron chi connectivity index (χ3n) is 8.35. The molecule has 1 saturated carbocycles. The summed E-state index contributed by atoms with van der Waals surface area (Å²) in [6.07, 6.45) is 6.41. The zero-order valence-electron chi connectivity index (χ0n) is 22.7. The number of imidazole rings is 1. The van der Waals surface area contributed by atoms with Gasteiger partial charge in [-0.1, -0.05) is 0 Å². The number of piperidine rings is 1. The van der Waals surface area contributed by atoms with Gasteiger partial charge in [0.2, 0.25) is 0 Å². The van der Waals surface area contributed by atoms with Crippen LogP contribution in [0.5, 0.6) is 0 Å². The van der Waals surface area contributed by atoms with Crippen LogP contribution in [0, 0.1) is 5.41 Å². The number of ether oxygens (including phenoxy) is 1. The summed E-state index contributed by atoms with van der Waals surface area (Å²) in [4.78, 5) is 29.0. The highest BCUT2D eigenvalue weighted by Crippen LogP contribution is 2.42. The molecule has 7 rings (SSSR count). The van der Waals surface area contributed by atoms with Crippen LogP contribution in [0.25, 0.3) is 16.5 Å². The Bertz CT molecular complexity index is 1610. The number of alkyl halides is 3. The lowest BCUT2D eigenvalue weighted by Crippen LogP contribution is -2.51. The zero-order chi connectivity index (χ0) is 29.1. The van der Waals surface area contributed by atoms with Crippen LogP contribution in [0.3, 0.4) is 0 Å². The number of nitrogens with zero attached hydrogens (tertiary/aromatic N) is 8. The SMILES string of the molecule is CC(n1cnnc1-c1nc(NC(=O)c2cc(-n3cnc(C4CC4)c3)c(N3CCC4(CC3)COC4)cn2)cs1)C(F)(F)F. The van der Waals surface area contributed by atoms with Gasteiger partial charge < -0.3 is 19.5 Å². The number of nitrogens with one attached hydrogen (secondary N) is 1. The molecule has 11 nitrogen and oxygen atoms in total. The predicted octanol–water partition coefficient (Wildman–Crippen LogP) is 4.85. The molecule has 1 spiro atoms. The van der Waals surface area contributed by atoms with E-state index in [4.69, 9.17) is 4.74 Å². The van der Waals surface area contributed by atoms with Crippen molar-refractivity contribution in [1.82, 2.24) is 34.3 Å². The van der Waals surface area contributed by atoms with Crippen LogP contribution in [-0.4, -0.2) is 72.7 Å². The third-order valence-corrected chi connectivity index (χ3v) is 9.19. The Balaban J connectivity index is 1.13. The Morgan fingerprint density at radius 1 is 1.17 bits per heavy atom. The molecule has 0 bridgehead atoms. The second-order valence-corrected chi connectivity index (χ2v) is 12.1. The van der Waals surface area contributed by atoms with E-state index in [2.05, 4.69) is 35.4 Å². The van der Waals surface area contributed by atoms with Crippen molar-refractivity contribution in [2.24, 2.45) is 5.41 Å². The lowest BCUT2D eigenvalue weighted by molar-refractivity contribution is -0.162. The fourth-order valence-corrected chi connectivity index (χ4v) is 6.16. The maximum Gasteiger partial charge on any atom is 0.408 e. The molecule has 2 aliphatic heterocycles. The van der Waals surface area contributed by atoms with E-state index in [1.807, 2.05) is 10.8 Å². The zero-order valence-corrected chi connectivity index (χ0v) is 23.5. The van der Waals surface area contributed by atoms with Gasteiger partial charge in [-0.3, -0.25) is 9.36 Å². The lowest BCUT2D eigenvalue weighted by Gasteiger charge is -2.48. The van der Waals surface area contributed by atoms with E-state index in [0.717, 1.165) is 98.2 Å². The molecule has 6 heterocycles. The molecule has 4 aromatic rings. The van der Waals surface area contributed by atoms with Crippen molar-refractivity contribution in [1.29, 1.82) is 0 Å². The van der Waals surface area contributed by atoms with Crippen LogP contribution in [-0.2, 0) is 4.74 Å². The number of carbonyl (C=O) groups excluding carboxylic acids is 1. The van der Waals surface area contributed by atoms with Crippen molar-refractivity contribution in [3.63, 3.8) is 0 Å². The molecule has 1 atom stereocenters. The molecule has 15 heteroatoms. The topological polar surface area (TPSA) is 116 Å². The number of anilines is 2. The third kappa shape index (κ3) is 5.04. The number of hydrogen-bond acceptors (Lipinski definition) is 9. The molecule has 1 amide bonds. The minimum Gasteiger partial charge on any atom is -0.380 e. The van der Waals surface area contributed by atoms with Crippen LogP contribution >= 0.6 is 11.3 Å². The number of halogens is 3. The van der Waals surface area contributed by atoms with E-state index in [0.29, 0.717) is 5.92 Å². The number of aromatic nitrogens is 7. The quantitative estimate of drug-likeness (QED) is 0.321. The smallest absolute Gasteiger partial charge is 0.380 e. The normalized spacial score (nSPS) is 19.1. The Hall–Kier alpha value is -3.85. The van der Waals surface area contributed by atoms with Crippen LogP contribution in [0.2, 0.25) is 0 Å². The molecule has 0 radical (unpaired) electrons. The Kier molecular flexibility index (Phi) is 6.53. The predicted molar refractivity (Wildman–Crippen MR) is 148 cm³/mol. The van der Waals surface area contributed by atoms with Crippen molar-refractivity contribution in [3.8, 4) is 16.5 Å². The van der Waals surface area contributed by atoms with Crippen LogP contribution in [0.15, 0.2) is 36.5 Å². The van der Waals surface area contributed by atoms with E-state index >= 15 is 0 Å². The number of amides is 1. The molecule has 42 heavy (non-hydrogen) atoms. The summed E-state index contributed by atoms with van der Waals surface area (Å²) >= 11 is 1.06. The van der Waals surface area contributed by atoms with Crippen molar-refractivity contribution in [2.75, 3.05) is 36.5 Å². The van der Waals surface area contributed by atoms with E-state index < -0.39 is 18.1 Å². The Morgan fingerprint density at radius 2 is 1.95 bits per heavy atom. The maximum atomic E-state index is 13.3. The highest BCUT2D eigenvalue weighted by Gasteiger charge is 2.42. The fraction of sp³-hybridized carbons (Fsp3) is 0.481. The Morgan fingerprint density at radius 3 is 2.64 bits per heavy atom. The number of thiazole rings is 1. The minimum atomic E-state index is -4.48. The van der Waals surface area contributed by atoms with Gasteiger partial charge in [0.25, 0.3) is 5.91 Å². The van der Waals surface area contributed by atoms with Crippen molar-refractivity contribution in [3.05, 3.63) is 47.9 Å². The summed E-state index contributed by atoms with van der Waals surface area (Å²) in [6.45, 7) is 4.39. The molecule has 1 unspecified atom stereocenters. The van der Waals surface area contributed by atoms with Gasteiger partial charge in [-0.15, -0.1) is 21.5 Å². The molecule has 1 aliphatic carbocycles. The Labute approximate surface area is 242 Å². The standard InChI is InChI=1S/C27H28F3N9O2S/c1-16(27(28,29)30)39-15-33-36-23(39)25-35-22(11-42-25)34-24(40)18-8-20(38-10-19(32-14-38)17-2-3-17)21(9-31-18)37-6-4-26(5-7-37)12-41-13-26/h8-11,14-17H,2-7,12-13H2,1H3,(H,34,40). The van der Waals surface area contributed by atoms with Gasteiger partial charge in [0.15, 0.2) is 10.8 Å². The van der Waals surface area contributed by atoms with Gasteiger partial charge in [0.05, 0.1) is 42.8 Å². The maximum absolute atomic E-state index is 13.3. The fourth-order valence-electron chi connectivity index (χ4n) is 5.42. The minimum absolute atomic E-state index is 0.0292. The van der Waals surface area contributed by atoms with E-state index in [1.165, 1.54) is 0 Å². The second-order valence-electron chi connectivity index (χ2n) is 11.3. The summed E-state index contributed by atoms with van der Waals surface area (Å²) in [5, 5.41) is 11.9. The monoisotopic (exact) mass is 599 g/mol. The average Bonchev–Trinajstić information content (AvgIpc) is 3.32. The number of hydrogen-bond donors (Lipinski definition) is 1. The van der Waals surface area contributed by atoms with E-state index in [9.17, 15) is 18.0 Å². The van der Waals surface area contributed by atoms with Crippen molar-refractivity contribution in [2.45, 2.75) is 50.7 Å². The molecule has 220 valence electrons. The first-order valence-corrected chi connectivity index (χ1v) is 14.7. The summed E-state index contributed by atoms with van der Waals surface area (Å²) in [5.74, 6) is 0.149. The molecule has 2 saturated heterocycles. The van der Waals surface area contributed by atoms with Gasteiger partial charge in [-0.2, -0.15) is 13.2 Å². The van der Waals surface area contributed by atoms with Gasteiger partial charge >= 0.3 is 6.18 Å². The summed E-state index contributed by atoms with van der Waals surface area (Å²) in [6, 6.07) is -0.0870. The molecule has 4 aromatic heterocycles. The van der Waals surface area contributed by atoms with E-state index in [1.54, 1.807) is 24.0 Å². The lowest BCUT2D eigenvalue weighted by atomic mass is 9.77. The summed E-state index contributed by atoms with van der Waals surface area (Å²) in [7, 11) is 0. The summed E-state index contributed by atoms with van der Waals surface area (Å²) in [5.41, 5.74) is 3.23.